The highest BCUT2D eigenvalue weighted by Gasteiger charge is 2.11. The Labute approximate surface area is 76.9 Å². The van der Waals surface area contributed by atoms with Crippen LogP contribution in [0.5, 0.6) is 0 Å². The largest absolute Gasteiger partial charge is 0.358 e. The van der Waals surface area contributed by atoms with Crippen molar-refractivity contribution in [2.45, 2.75) is 25.3 Å². The highest BCUT2D eigenvalue weighted by molar-refractivity contribution is 7.08. The normalized spacial score (nSPS) is 12.4. The molecule has 1 atom stereocenters. The van der Waals surface area contributed by atoms with Gasteiger partial charge in [0.05, 0.1) is 5.68 Å². The van der Waals surface area contributed by atoms with E-state index in [9.17, 15) is 4.79 Å². The summed E-state index contributed by atoms with van der Waals surface area (Å²) in [5.41, 5.74) is 5.12. The number of hydrogen-bond acceptors (Lipinski definition) is 3. The van der Waals surface area contributed by atoms with Crippen molar-refractivity contribution in [3.8, 4) is 0 Å². The fraction of sp³-hybridized carbons (Fsp3) is 0.833. The van der Waals surface area contributed by atoms with Crippen molar-refractivity contribution in [1.82, 2.24) is 5.23 Å². The van der Waals surface area contributed by atoms with E-state index in [1.807, 2.05) is 0 Å². The van der Waals surface area contributed by atoms with Gasteiger partial charge >= 0.3 is 0 Å². The van der Waals surface area contributed by atoms with Crippen LogP contribution in [0.15, 0.2) is 0 Å². The summed E-state index contributed by atoms with van der Waals surface area (Å²) in [5, 5.41) is 2.41. The van der Waals surface area contributed by atoms with E-state index in [0.29, 0.717) is 13.0 Å². The molecule has 0 fully saturated rings. The molecular weight excluding hydrogens is 149 g/mol. The van der Waals surface area contributed by atoms with Crippen LogP contribution in [0.2, 0.25) is 0 Å². The van der Waals surface area contributed by atoms with Gasteiger partial charge in [0.25, 0.3) is 0 Å². The van der Waals surface area contributed by atoms with E-state index < -0.39 is 0 Å². The molecule has 0 saturated heterocycles. The van der Waals surface area contributed by atoms with Gasteiger partial charge in [-0.15, -0.1) is 0 Å². The topological polar surface area (TPSA) is 55.1 Å². The average molecular weight is 161 g/mol. The van der Waals surface area contributed by atoms with Crippen molar-refractivity contribution < 1.29 is 4.79 Å². The van der Waals surface area contributed by atoms with Gasteiger partial charge in [-0.1, -0.05) is 6.42 Å². The van der Waals surface area contributed by atoms with Crippen molar-refractivity contribution in [1.29, 1.82) is 0 Å². The van der Waals surface area contributed by atoms with Crippen molar-refractivity contribution in [2.24, 2.45) is 5.73 Å². The summed E-state index contributed by atoms with van der Waals surface area (Å²) >= 11 is 0. The minimum Gasteiger partial charge on any atom is -0.358 e. The maximum atomic E-state index is 11.0. The highest BCUT2D eigenvalue weighted by atomic mass is 16.1. The van der Waals surface area contributed by atoms with Gasteiger partial charge in [-0.25, -0.2) is 0 Å². The monoisotopic (exact) mass is 161 g/mol. The van der Waals surface area contributed by atoms with Gasteiger partial charge in [-0.05, 0) is 19.4 Å². The molecule has 0 rings (SSSR count). The molecule has 6 heteroatoms. The summed E-state index contributed by atoms with van der Waals surface area (Å²) in [5.74, 6) is 0. The molecule has 61 valence electrons. The second kappa shape index (κ2) is 7.43. The fourth-order valence-electron chi connectivity index (χ4n) is 0.917. The first-order valence-corrected chi connectivity index (χ1v) is 4.01. The van der Waals surface area contributed by atoms with Gasteiger partial charge in [0.2, 0.25) is 0 Å². The number of carbonyl (C=O) groups is 1. The molecule has 0 saturated carbocycles. The van der Waals surface area contributed by atoms with Gasteiger partial charge in [0.1, 0.15) is 7.17 Å². The second-order valence-corrected chi connectivity index (χ2v) is 2.57. The van der Waals surface area contributed by atoms with Crippen molar-refractivity contribution in [3.05, 3.63) is 0 Å². The molecule has 0 aromatic rings. The lowest BCUT2D eigenvalue weighted by molar-refractivity contribution is -0.113. The smallest absolute Gasteiger partial charge is 0.178 e. The summed E-state index contributed by atoms with van der Waals surface area (Å²) in [6.45, 7) is 0.637. The molecule has 3 nitrogen and oxygen atoms in total. The molecule has 0 amide bonds. The number of carbonyl (C=O) groups excluding carboxylic acids is 1. The average Bonchev–Trinajstić information content (AvgIpc) is 2.11. The lowest BCUT2D eigenvalue weighted by atomic mass is 9.51. The van der Waals surface area contributed by atoms with Crippen LogP contribution in [0.4, 0.5) is 0 Å². The SMILES string of the molecule is [B][B]C(=O)[C@H](CCCCN)N[B]. The van der Waals surface area contributed by atoms with Crippen LogP contribution >= 0.6 is 0 Å². The van der Waals surface area contributed by atoms with Crippen molar-refractivity contribution >= 4 is 28.6 Å². The number of unbranched alkanes of at least 4 members (excludes halogenated alkanes) is 1. The molecule has 0 unspecified atom stereocenters. The summed E-state index contributed by atoms with van der Waals surface area (Å²) in [6, 6.07) is -0.360. The van der Waals surface area contributed by atoms with E-state index in [0.717, 1.165) is 20.0 Å². The zero-order valence-corrected chi connectivity index (χ0v) is 7.12. The van der Waals surface area contributed by atoms with Crippen LogP contribution in [-0.4, -0.2) is 41.2 Å². The molecule has 0 bridgehead atoms. The predicted molar refractivity (Wildman–Crippen MR) is 52.1 cm³/mol. The van der Waals surface area contributed by atoms with Crippen LogP contribution in [0, 0.1) is 0 Å². The summed E-state index contributed by atoms with van der Waals surface area (Å²) in [4.78, 5) is 11.0. The Balaban J connectivity index is 3.60. The molecule has 3 N–H and O–H groups in total. The maximum Gasteiger partial charge on any atom is 0.178 e. The highest BCUT2D eigenvalue weighted by Crippen LogP contribution is 1.99. The van der Waals surface area contributed by atoms with Crippen molar-refractivity contribution in [2.75, 3.05) is 6.54 Å². The zero-order valence-electron chi connectivity index (χ0n) is 7.12. The van der Waals surface area contributed by atoms with Gasteiger partial charge in [0, 0.05) is 13.8 Å². The van der Waals surface area contributed by atoms with Crippen LogP contribution in [0.25, 0.3) is 0 Å². The van der Waals surface area contributed by atoms with E-state index in [-0.39, 0.29) is 11.7 Å². The quantitative estimate of drug-likeness (QED) is 0.351. The Morgan fingerprint density at radius 3 is 2.67 bits per heavy atom. The summed E-state index contributed by atoms with van der Waals surface area (Å²) in [7, 11) is 11.2. The van der Waals surface area contributed by atoms with E-state index >= 15 is 0 Å². The van der Waals surface area contributed by atoms with Crippen LogP contribution in [0.3, 0.4) is 0 Å². The molecule has 0 heterocycles. The molecule has 0 aromatic heterocycles. The van der Waals surface area contributed by atoms with E-state index in [2.05, 4.69) is 5.23 Å². The third-order valence-corrected chi connectivity index (χ3v) is 1.66. The molecule has 0 spiro atoms. The lowest BCUT2D eigenvalue weighted by Gasteiger charge is -2.13. The van der Waals surface area contributed by atoms with E-state index in [4.69, 9.17) is 21.5 Å². The van der Waals surface area contributed by atoms with Crippen LogP contribution in [-0.2, 0) is 4.79 Å². The van der Waals surface area contributed by atoms with Gasteiger partial charge in [-0.2, -0.15) is 0 Å². The van der Waals surface area contributed by atoms with Crippen molar-refractivity contribution in [3.63, 3.8) is 0 Å². The second-order valence-electron chi connectivity index (χ2n) is 2.57. The Kier molecular flexibility index (Phi) is 7.30. The molecule has 12 heavy (non-hydrogen) atoms. The Bertz CT molecular complexity index is 134. The number of hydrogen-bond donors (Lipinski definition) is 2. The van der Waals surface area contributed by atoms with Gasteiger partial charge < -0.3 is 15.8 Å². The fourth-order valence-corrected chi connectivity index (χ4v) is 0.917. The van der Waals surface area contributed by atoms with Crippen LogP contribution in [0.1, 0.15) is 19.3 Å². The van der Waals surface area contributed by atoms with Crippen LogP contribution < -0.4 is 11.0 Å². The first kappa shape index (κ1) is 11.8. The zero-order chi connectivity index (χ0) is 9.40. The minimum atomic E-state index is -0.360. The Morgan fingerprint density at radius 2 is 2.25 bits per heavy atom. The molecule has 0 aliphatic carbocycles. The number of nitrogens with two attached hydrogens (primary N) is 1. The van der Waals surface area contributed by atoms with Gasteiger partial charge in [0.15, 0.2) is 7.98 Å². The molecule has 0 aliphatic rings. The standard InChI is InChI=1S/C6H12B3N2O/c7-9-6(12)5(11-8)3-1-2-4-10/h5,11H,1-4,10H2/t5-/m0/s1. The molecular formula is C6H12B3N2O. The maximum absolute atomic E-state index is 11.0. The lowest BCUT2D eigenvalue weighted by Crippen LogP contribution is -2.38. The third kappa shape index (κ3) is 4.62. The molecule has 5 radical (unpaired) electrons. The number of nitrogens with one attached hydrogen (secondary N) is 1. The third-order valence-electron chi connectivity index (χ3n) is 1.66. The van der Waals surface area contributed by atoms with Gasteiger partial charge in [-0.3, -0.25) is 0 Å². The number of rotatable bonds is 7. The first-order chi connectivity index (χ1) is 5.76. The minimum absolute atomic E-state index is 0.172. The molecule has 0 aromatic carbocycles. The summed E-state index contributed by atoms with van der Waals surface area (Å²) < 4.78 is 0. The molecule has 0 aliphatic heterocycles. The Morgan fingerprint density at radius 1 is 1.58 bits per heavy atom. The summed E-state index contributed by atoms with van der Waals surface area (Å²) in [6.07, 6.45) is 2.46. The Hall–Kier alpha value is -0.215. The van der Waals surface area contributed by atoms with E-state index in [1.54, 1.807) is 0 Å². The first-order valence-electron chi connectivity index (χ1n) is 4.01. The van der Waals surface area contributed by atoms with E-state index in [1.165, 1.54) is 0 Å². The predicted octanol–water partition coefficient (Wildman–Crippen LogP) is -1.53.